The van der Waals surface area contributed by atoms with Crippen LogP contribution >= 0.6 is 39.7 Å². The van der Waals surface area contributed by atoms with E-state index in [-0.39, 0.29) is 11.0 Å². The average Bonchev–Trinajstić information content (AvgIpc) is 2.58. The maximum Gasteiger partial charge on any atom is 0.257 e. The zero-order chi connectivity index (χ0) is 18.2. The van der Waals surface area contributed by atoms with E-state index in [9.17, 15) is 4.79 Å². The maximum absolute atomic E-state index is 12.3. The van der Waals surface area contributed by atoms with Gasteiger partial charge in [-0.3, -0.25) is 10.1 Å². The Hall–Kier alpha value is -1.67. The van der Waals surface area contributed by atoms with Gasteiger partial charge in [-0.25, -0.2) is 0 Å². The summed E-state index contributed by atoms with van der Waals surface area (Å²) in [6.07, 6.45) is 0. The number of amides is 1. The summed E-state index contributed by atoms with van der Waals surface area (Å²) in [6, 6.07) is 12.0. The molecule has 0 radical (unpaired) electrons. The molecule has 0 fully saturated rings. The molecule has 0 atom stereocenters. The van der Waals surface area contributed by atoms with Gasteiger partial charge in [-0.05, 0) is 70.6 Å². The second-order valence-electron chi connectivity index (χ2n) is 4.90. The topological polar surface area (TPSA) is 59.6 Å². The van der Waals surface area contributed by atoms with Crippen molar-refractivity contribution in [3.05, 3.63) is 57.5 Å². The lowest BCUT2D eigenvalue weighted by molar-refractivity contribution is 0.0977. The first-order valence-electron chi connectivity index (χ1n) is 7.29. The molecule has 0 spiro atoms. The first-order valence-corrected chi connectivity index (χ1v) is 8.86. The van der Waals surface area contributed by atoms with Crippen LogP contribution in [0, 0.1) is 0 Å². The lowest BCUT2D eigenvalue weighted by Gasteiger charge is -2.11. The van der Waals surface area contributed by atoms with Crippen LogP contribution in [0.3, 0.4) is 0 Å². The third kappa shape index (κ3) is 6.28. The molecule has 2 N–H and O–H groups in total. The molecule has 2 rings (SSSR count). The van der Waals surface area contributed by atoms with Crippen molar-refractivity contribution in [2.24, 2.45) is 0 Å². The first kappa shape index (κ1) is 19.7. The molecule has 0 bridgehead atoms. The summed E-state index contributed by atoms with van der Waals surface area (Å²) in [4.78, 5) is 12.3. The van der Waals surface area contributed by atoms with Crippen LogP contribution < -0.4 is 15.4 Å². The maximum atomic E-state index is 12.3. The molecule has 2 aromatic carbocycles. The Morgan fingerprint density at radius 1 is 1.20 bits per heavy atom. The summed E-state index contributed by atoms with van der Waals surface area (Å²) in [6.45, 7) is 0.912. The highest BCUT2D eigenvalue weighted by molar-refractivity contribution is 9.10. The minimum Gasteiger partial charge on any atom is -0.490 e. The zero-order valence-electron chi connectivity index (χ0n) is 13.3. The molecule has 8 heteroatoms. The monoisotopic (exact) mass is 442 g/mol. The number of methoxy groups -OCH3 is 1. The van der Waals surface area contributed by atoms with Gasteiger partial charge in [-0.2, -0.15) is 0 Å². The Balaban J connectivity index is 1.94. The number of nitrogens with one attached hydrogen (secondary N) is 2. The molecule has 132 valence electrons. The second-order valence-corrected chi connectivity index (χ2v) is 6.60. The first-order chi connectivity index (χ1) is 12.0. The number of ether oxygens (including phenoxy) is 2. The quantitative estimate of drug-likeness (QED) is 0.516. The summed E-state index contributed by atoms with van der Waals surface area (Å²) in [5.74, 6) is 0.311. The standard InChI is InChI=1S/C17H16BrClN2O3S/c1-23-8-9-24-15-7-2-11(10-14(15)18)16(22)21-17(25)20-13-5-3-12(19)4-6-13/h2-7,10H,8-9H2,1H3,(H2,20,21,22,25). The highest BCUT2D eigenvalue weighted by Crippen LogP contribution is 2.26. The minimum absolute atomic E-state index is 0.198. The molecular formula is C17H16BrClN2O3S. The van der Waals surface area contributed by atoms with Crippen molar-refractivity contribution in [2.75, 3.05) is 25.6 Å². The fourth-order valence-electron chi connectivity index (χ4n) is 1.86. The predicted octanol–water partition coefficient (Wildman–Crippen LogP) is 4.25. The summed E-state index contributed by atoms with van der Waals surface area (Å²) in [5.41, 5.74) is 1.18. The Kier molecular flexibility index (Phi) is 7.64. The molecule has 0 heterocycles. The molecule has 0 saturated heterocycles. The number of rotatable bonds is 6. The highest BCUT2D eigenvalue weighted by Gasteiger charge is 2.11. The van der Waals surface area contributed by atoms with E-state index in [0.29, 0.717) is 34.0 Å². The van der Waals surface area contributed by atoms with Gasteiger partial charge in [0.25, 0.3) is 5.91 Å². The van der Waals surface area contributed by atoms with Crippen LogP contribution in [0.2, 0.25) is 5.02 Å². The third-order valence-electron chi connectivity index (χ3n) is 3.07. The number of benzene rings is 2. The zero-order valence-corrected chi connectivity index (χ0v) is 16.5. The number of hydrogen-bond donors (Lipinski definition) is 2. The molecule has 5 nitrogen and oxygen atoms in total. The van der Waals surface area contributed by atoms with Gasteiger partial charge < -0.3 is 14.8 Å². The number of thiocarbonyl (C=S) groups is 1. The van der Waals surface area contributed by atoms with E-state index in [4.69, 9.17) is 33.3 Å². The SMILES string of the molecule is COCCOc1ccc(C(=O)NC(=S)Nc2ccc(Cl)cc2)cc1Br. The van der Waals surface area contributed by atoms with Gasteiger partial charge in [-0.1, -0.05) is 11.6 Å². The van der Waals surface area contributed by atoms with Crippen molar-refractivity contribution in [1.82, 2.24) is 5.32 Å². The van der Waals surface area contributed by atoms with Gasteiger partial charge >= 0.3 is 0 Å². The highest BCUT2D eigenvalue weighted by atomic mass is 79.9. The van der Waals surface area contributed by atoms with Crippen LogP contribution in [0.4, 0.5) is 5.69 Å². The molecular weight excluding hydrogens is 428 g/mol. The van der Waals surface area contributed by atoms with E-state index in [2.05, 4.69) is 26.6 Å². The molecule has 0 aliphatic rings. The molecule has 0 aromatic heterocycles. The van der Waals surface area contributed by atoms with Gasteiger partial charge in [0.15, 0.2) is 5.11 Å². The van der Waals surface area contributed by atoms with Crippen LogP contribution in [0.25, 0.3) is 0 Å². The number of carbonyl (C=O) groups excluding carboxylic acids is 1. The van der Waals surface area contributed by atoms with Gasteiger partial charge in [0.2, 0.25) is 0 Å². The molecule has 0 aliphatic heterocycles. The van der Waals surface area contributed by atoms with Gasteiger partial charge in [0.1, 0.15) is 12.4 Å². The largest absolute Gasteiger partial charge is 0.490 e. The second kappa shape index (κ2) is 9.72. The van der Waals surface area contributed by atoms with E-state index in [1.165, 1.54) is 0 Å². The van der Waals surface area contributed by atoms with Crippen molar-refractivity contribution in [3.63, 3.8) is 0 Å². The lowest BCUT2D eigenvalue weighted by Crippen LogP contribution is -2.34. The number of anilines is 1. The summed E-state index contributed by atoms with van der Waals surface area (Å²) < 4.78 is 11.1. The predicted molar refractivity (Wildman–Crippen MR) is 107 cm³/mol. The van der Waals surface area contributed by atoms with E-state index < -0.39 is 0 Å². The summed E-state index contributed by atoms with van der Waals surface area (Å²) >= 11 is 14.4. The Morgan fingerprint density at radius 3 is 2.56 bits per heavy atom. The van der Waals surface area contributed by atoms with Crippen molar-refractivity contribution in [2.45, 2.75) is 0 Å². The van der Waals surface area contributed by atoms with Gasteiger partial charge in [0, 0.05) is 23.4 Å². The van der Waals surface area contributed by atoms with E-state index in [1.54, 1.807) is 49.6 Å². The van der Waals surface area contributed by atoms with Crippen LogP contribution in [0.15, 0.2) is 46.9 Å². The van der Waals surface area contributed by atoms with Crippen LogP contribution in [0.1, 0.15) is 10.4 Å². The Bertz CT molecular complexity index is 756. The Labute approximate surface area is 164 Å². The average molecular weight is 444 g/mol. The molecule has 0 saturated carbocycles. The Morgan fingerprint density at radius 2 is 1.92 bits per heavy atom. The molecule has 0 aliphatic carbocycles. The van der Waals surface area contributed by atoms with Crippen LogP contribution in [-0.4, -0.2) is 31.3 Å². The molecule has 1 amide bonds. The van der Waals surface area contributed by atoms with E-state index in [1.807, 2.05) is 0 Å². The van der Waals surface area contributed by atoms with Crippen molar-refractivity contribution in [1.29, 1.82) is 0 Å². The van der Waals surface area contributed by atoms with Gasteiger partial charge in [0.05, 0.1) is 11.1 Å². The van der Waals surface area contributed by atoms with Crippen molar-refractivity contribution in [3.8, 4) is 5.75 Å². The van der Waals surface area contributed by atoms with E-state index in [0.717, 1.165) is 5.69 Å². The van der Waals surface area contributed by atoms with Crippen LogP contribution in [-0.2, 0) is 4.74 Å². The lowest BCUT2D eigenvalue weighted by atomic mass is 10.2. The summed E-state index contributed by atoms with van der Waals surface area (Å²) in [7, 11) is 1.60. The molecule has 25 heavy (non-hydrogen) atoms. The number of hydrogen-bond acceptors (Lipinski definition) is 4. The van der Waals surface area contributed by atoms with E-state index >= 15 is 0 Å². The fourth-order valence-corrected chi connectivity index (χ4v) is 2.69. The minimum atomic E-state index is -0.324. The van der Waals surface area contributed by atoms with Gasteiger partial charge in [-0.15, -0.1) is 0 Å². The smallest absolute Gasteiger partial charge is 0.257 e. The van der Waals surface area contributed by atoms with Crippen molar-refractivity contribution >= 4 is 56.5 Å². The van der Waals surface area contributed by atoms with Crippen LogP contribution in [0.5, 0.6) is 5.75 Å². The fraction of sp³-hybridized carbons (Fsp3) is 0.176. The normalized spacial score (nSPS) is 10.2. The summed E-state index contributed by atoms with van der Waals surface area (Å²) in [5, 5.41) is 6.37. The number of halogens is 2. The molecule has 0 unspecified atom stereocenters. The van der Waals surface area contributed by atoms with Crippen molar-refractivity contribution < 1.29 is 14.3 Å². The third-order valence-corrected chi connectivity index (χ3v) is 4.14. The number of carbonyl (C=O) groups is 1. The molecule has 2 aromatic rings.